The van der Waals surface area contributed by atoms with Gasteiger partial charge in [0.05, 0.1) is 4.90 Å². The summed E-state index contributed by atoms with van der Waals surface area (Å²) in [4.78, 5) is 5.85. The lowest BCUT2D eigenvalue weighted by Gasteiger charge is -2.09. The van der Waals surface area contributed by atoms with Gasteiger partial charge in [-0.25, -0.2) is 0 Å². The SMILES string of the molecule is CCCCCCCCOn1ccccc1=NS(=O)(=O)c1ccccc1. The molecule has 0 saturated heterocycles. The van der Waals surface area contributed by atoms with Crippen LogP contribution in [0.15, 0.2) is 64.0 Å². The number of aromatic nitrogens is 1. The second kappa shape index (κ2) is 10.0. The predicted molar refractivity (Wildman–Crippen MR) is 98.4 cm³/mol. The van der Waals surface area contributed by atoms with E-state index in [4.69, 9.17) is 4.84 Å². The van der Waals surface area contributed by atoms with Crippen molar-refractivity contribution >= 4 is 10.0 Å². The van der Waals surface area contributed by atoms with Crippen LogP contribution in [0.3, 0.4) is 0 Å². The van der Waals surface area contributed by atoms with E-state index in [-0.39, 0.29) is 10.4 Å². The zero-order chi connectivity index (χ0) is 18.0. The van der Waals surface area contributed by atoms with Gasteiger partial charge in [-0.2, -0.15) is 13.1 Å². The van der Waals surface area contributed by atoms with Gasteiger partial charge in [0.2, 0.25) is 0 Å². The summed E-state index contributed by atoms with van der Waals surface area (Å²) in [6, 6.07) is 13.3. The second-order valence-corrected chi connectivity index (χ2v) is 7.47. The van der Waals surface area contributed by atoms with Crippen molar-refractivity contribution in [3.05, 3.63) is 60.2 Å². The second-order valence-electron chi connectivity index (χ2n) is 5.87. The minimum Gasteiger partial charge on any atom is -0.412 e. The van der Waals surface area contributed by atoms with Gasteiger partial charge >= 0.3 is 0 Å². The van der Waals surface area contributed by atoms with Crippen LogP contribution in [0.4, 0.5) is 0 Å². The summed E-state index contributed by atoms with van der Waals surface area (Å²) in [7, 11) is -3.76. The zero-order valence-electron chi connectivity index (χ0n) is 14.7. The lowest BCUT2D eigenvalue weighted by molar-refractivity contribution is 0.0968. The van der Waals surface area contributed by atoms with Gasteiger partial charge in [-0.15, -0.1) is 4.40 Å². The summed E-state index contributed by atoms with van der Waals surface area (Å²) in [6.07, 6.45) is 8.70. The largest absolute Gasteiger partial charge is 0.412 e. The van der Waals surface area contributed by atoms with E-state index >= 15 is 0 Å². The van der Waals surface area contributed by atoms with E-state index in [2.05, 4.69) is 11.3 Å². The van der Waals surface area contributed by atoms with Crippen molar-refractivity contribution in [3.8, 4) is 0 Å². The van der Waals surface area contributed by atoms with Crippen molar-refractivity contribution in [2.24, 2.45) is 4.40 Å². The zero-order valence-corrected chi connectivity index (χ0v) is 15.5. The van der Waals surface area contributed by atoms with Gasteiger partial charge in [-0.3, -0.25) is 0 Å². The van der Waals surface area contributed by atoms with Crippen LogP contribution in [0.25, 0.3) is 0 Å². The summed E-state index contributed by atoms with van der Waals surface area (Å²) in [6.45, 7) is 2.73. The van der Waals surface area contributed by atoms with Crippen LogP contribution in [0, 0.1) is 0 Å². The molecule has 0 saturated carbocycles. The van der Waals surface area contributed by atoms with Gasteiger partial charge in [-0.1, -0.05) is 56.9 Å². The standard InChI is InChI=1S/C19H26N2O3S/c1-2-3-4-5-6-12-17-24-21-16-11-10-15-19(21)20-25(22,23)18-13-8-7-9-14-18/h7-11,13-16H,2-6,12,17H2,1H3. The molecular formula is C19H26N2O3S. The van der Waals surface area contributed by atoms with E-state index in [0.29, 0.717) is 6.61 Å². The number of benzene rings is 1. The highest BCUT2D eigenvalue weighted by atomic mass is 32.2. The molecule has 0 bridgehead atoms. The van der Waals surface area contributed by atoms with Crippen molar-refractivity contribution < 1.29 is 13.3 Å². The summed E-state index contributed by atoms with van der Waals surface area (Å²) in [5, 5.41) is 0. The quantitative estimate of drug-likeness (QED) is 0.607. The molecule has 6 heteroatoms. The summed E-state index contributed by atoms with van der Waals surface area (Å²) in [5.74, 6) is 0. The highest BCUT2D eigenvalue weighted by Crippen LogP contribution is 2.10. The van der Waals surface area contributed by atoms with Gasteiger partial charge < -0.3 is 4.84 Å². The fraction of sp³-hybridized carbons (Fsp3) is 0.421. The summed E-state index contributed by atoms with van der Waals surface area (Å²) in [5.41, 5.74) is 0.261. The maximum atomic E-state index is 12.4. The van der Waals surface area contributed by atoms with Crippen molar-refractivity contribution in [3.63, 3.8) is 0 Å². The normalized spacial score (nSPS) is 12.3. The molecule has 0 spiro atoms. The highest BCUT2D eigenvalue weighted by Gasteiger charge is 2.11. The third kappa shape index (κ3) is 6.38. The van der Waals surface area contributed by atoms with E-state index in [0.717, 1.165) is 12.8 Å². The molecule has 1 aromatic heterocycles. The molecule has 0 amide bonds. The number of pyridine rings is 1. The van der Waals surface area contributed by atoms with Crippen LogP contribution in [0.2, 0.25) is 0 Å². The molecule has 2 aromatic rings. The minimum absolute atomic E-state index is 0.168. The first kappa shape index (κ1) is 19.2. The molecule has 0 aliphatic carbocycles. The van der Waals surface area contributed by atoms with Crippen molar-refractivity contribution in [2.45, 2.75) is 50.3 Å². The molecule has 1 aromatic carbocycles. The number of rotatable bonds is 10. The van der Waals surface area contributed by atoms with E-state index in [1.54, 1.807) is 42.6 Å². The van der Waals surface area contributed by atoms with Crippen LogP contribution in [0.1, 0.15) is 45.4 Å². The Morgan fingerprint density at radius 3 is 2.36 bits per heavy atom. The van der Waals surface area contributed by atoms with Crippen LogP contribution in [-0.4, -0.2) is 19.8 Å². The fourth-order valence-corrected chi connectivity index (χ4v) is 3.41. The Balaban J connectivity index is 2.03. The summed E-state index contributed by atoms with van der Waals surface area (Å²) >= 11 is 0. The Morgan fingerprint density at radius 2 is 1.60 bits per heavy atom. The van der Waals surface area contributed by atoms with E-state index in [1.807, 2.05) is 0 Å². The predicted octanol–water partition coefficient (Wildman–Crippen LogP) is 3.57. The Hall–Kier alpha value is -2.08. The molecule has 0 aliphatic heterocycles. The van der Waals surface area contributed by atoms with Crippen LogP contribution < -0.4 is 10.3 Å². The minimum atomic E-state index is -3.76. The first-order chi connectivity index (χ1) is 12.1. The molecule has 5 nitrogen and oxygen atoms in total. The van der Waals surface area contributed by atoms with Gasteiger partial charge in [0.1, 0.15) is 6.61 Å². The molecule has 1 heterocycles. The smallest absolute Gasteiger partial charge is 0.284 e. The van der Waals surface area contributed by atoms with Gasteiger partial charge in [-0.05, 0) is 37.1 Å². The van der Waals surface area contributed by atoms with Crippen molar-refractivity contribution in [2.75, 3.05) is 6.61 Å². The molecular weight excluding hydrogens is 336 g/mol. The number of nitrogens with zero attached hydrogens (tertiary/aromatic N) is 2. The third-order valence-electron chi connectivity index (χ3n) is 3.79. The van der Waals surface area contributed by atoms with E-state index in [9.17, 15) is 8.42 Å². The Morgan fingerprint density at radius 1 is 0.920 bits per heavy atom. The number of hydrogen-bond donors (Lipinski definition) is 0. The van der Waals surface area contributed by atoms with Gasteiger partial charge in [0.25, 0.3) is 10.0 Å². The van der Waals surface area contributed by atoms with Crippen LogP contribution >= 0.6 is 0 Å². The topological polar surface area (TPSA) is 60.7 Å². The number of sulfonamides is 1. The molecule has 0 fully saturated rings. The molecule has 0 atom stereocenters. The maximum absolute atomic E-state index is 12.4. The monoisotopic (exact) mass is 362 g/mol. The highest BCUT2D eigenvalue weighted by molar-refractivity contribution is 7.90. The number of hydrogen-bond acceptors (Lipinski definition) is 3. The molecule has 0 N–H and O–H groups in total. The molecule has 25 heavy (non-hydrogen) atoms. The lowest BCUT2D eigenvalue weighted by atomic mass is 10.1. The molecule has 0 aliphatic rings. The molecule has 0 radical (unpaired) electrons. The first-order valence-corrected chi connectivity index (χ1v) is 10.2. The number of unbranched alkanes of at least 4 members (excludes halogenated alkanes) is 5. The third-order valence-corrected chi connectivity index (χ3v) is 5.08. The van der Waals surface area contributed by atoms with E-state index in [1.165, 1.54) is 42.5 Å². The molecule has 2 rings (SSSR count). The summed E-state index contributed by atoms with van der Waals surface area (Å²) < 4.78 is 30.1. The molecule has 136 valence electrons. The van der Waals surface area contributed by atoms with Gasteiger partial charge in [0, 0.05) is 6.20 Å². The van der Waals surface area contributed by atoms with Gasteiger partial charge in [0.15, 0.2) is 5.49 Å². The fourth-order valence-electron chi connectivity index (χ4n) is 2.41. The van der Waals surface area contributed by atoms with E-state index < -0.39 is 10.0 Å². The van der Waals surface area contributed by atoms with Crippen LogP contribution in [-0.2, 0) is 10.0 Å². The van der Waals surface area contributed by atoms with Crippen molar-refractivity contribution in [1.82, 2.24) is 4.73 Å². The van der Waals surface area contributed by atoms with Crippen molar-refractivity contribution in [1.29, 1.82) is 0 Å². The molecule has 0 unspecified atom stereocenters. The first-order valence-electron chi connectivity index (χ1n) is 8.80. The maximum Gasteiger partial charge on any atom is 0.284 e. The lowest BCUT2D eigenvalue weighted by Crippen LogP contribution is -2.28. The average Bonchev–Trinajstić information content (AvgIpc) is 2.63. The Bertz CT molecular complexity index is 799. The Labute approximate surface area is 150 Å². The average molecular weight is 362 g/mol. The van der Waals surface area contributed by atoms with Crippen LogP contribution in [0.5, 0.6) is 0 Å². The Kier molecular flexibility index (Phi) is 7.73.